The molecule has 1 saturated carbocycles. The van der Waals surface area contributed by atoms with E-state index in [4.69, 9.17) is 4.74 Å². The Labute approximate surface area is 197 Å². The van der Waals surface area contributed by atoms with Gasteiger partial charge in [0.05, 0.1) is 18.0 Å². The Hall–Kier alpha value is -2.78. The molecule has 2 aromatic rings. The van der Waals surface area contributed by atoms with Crippen LogP contribution in [0.2, 0.25) is 0 Å². The minimum absolute atomic E-state index is 0.00145. The molecule has 1 aromatic heterocycles. The third-order valence-corrected chi connectivity index (χ3v) is 6.58. The summed E-state index contributed by atoms with van der Waals surface area (Å²) in [4.78, 5) is 40.7. The summed E-state index contributed by atoms with van der Waals surface area (Å²) in [6, 6.07) is 8.19. The minimum atomic E-state index is -1.17. The van der Waals surface area contributed by atoms with Crippen molar-refractivity contribution in [3.63, 3.8) is 0 Å². The average Bonchev–Trinajstić information content (AvgIpc) is 3.36. The van der Waals surface area contributed by atoms with Crippen molar-refractivity contribution in [2.24, 2.45) is 0 Å². The number of benzene rings is 1. The average molecular weight is 476 g/mol. The van der Waals surface area contributed by atoms with Gasteiger partial charge in [-0.05, 0) is 30.4 Å². The molecule has 1 aliphatic carbocycles. The number of ether oxygens (including phenoxy) is 1. The van der Waals surface area contributed by atoms with E-state index in [1.54, 1.807) is 23.6 Å². The molecule has 2 N–H and O–H groups in total. The van der Waals surface area contributed by atoms with E-state index in [-0.39, 0.29) is 37.2 Å². The number of hydrogen-bond acceptors (Lipinski definition) is 5. The number of thiophene rings is 1. The van der Waals surface area contributed by atoms with Crippen molar-refractivity contribution >= 4 is 29.1 Å². The van der Waals surface area contributed by atoms with Gasteiger partial charge in [-0.25, -0.2) is 4.39 Å². The van der Waals surface area contributed by atoms with E-state index in [1.165, 1.54) is 41.5 Å². The lowest BCUT2D eigenvalue weighted by Crippen LogP contribution is -2.50. The van der Waals surface area contributed by atoms with Crippen molar-refractivity contribution in [2.75, 3.05) is 26.8 Å². The Morgan fingerprint density at radius 3 is 2.58 bits per heavy atom. The third kappa shape index (κ3) is 6.85. The van der Waals surface area contributed by atoms with E-state index < -0.39 is 23.7 Å². The maximum Gasteiger partial charge on any atom is 0.261 e. The number of amides is 3. The highest BCUT2D eigenvalue weighted by molar-refractivity contribution is 7.12. The molecule has 1 fully saturated rings. The molecule has 1 aromatic carbocycles. The summed E-state index contributed by atoms with van der Waals surface area (Å²) in [5, 5.41) is 7.38. The summed E-state index contributed by atoms with van der Waals surface area (Å²) in [5.41, 5.74) is 0.111. The summed E-state index contributed by atoms with van der Waals surface area (Å²) in [5.74, 6) is -1.87. The molecule has 33 heavy (non-hydrogen) atoms. The number of nitrogens with one attached hydrogen (secondary N) is 2. The van der Waals surface area contributed by atoms with Crippen LogP contribution in [0, 0.1) is 5.82 Å². The topological polar surface area (TPSA) is 87.7 Å². The van der Waals surface area contributed by atoms with Crippen LogP contribution in [0.4, 0.5) is 4.39 Å². The first-order valence-electron chi connectivity index (χ1n) is 11.2. The standard InChI is InChI=1S/C24H30FN3O4S/c1-32-14-13-28(21(29)16-26-23(30)20-12-7-15-33-20)22(18-10-5-6-11-19(18)25)24(31)27-17-8-3-2-4-9-17/h5-7,10-12,15,17,22H,2-4,8-9,13-14,16H2,1H3,(H,26,30)(H,27,31)/t22-/m1/s1. The first-order chi connectivity index (χ1) is 16.0. The van der Waals surface area contributed by atoms with Crippen molar-refractivity contribution in [3.8, 4) is 0 Å². The molecule has 0 unspecified atom stereocenters. The third-order valence-electron chi connectivity index (χ3n) is 5.71. The summed E-state index contributed by atoms with van der Waals surface area (Å²) >= 11 is 1.26. The zero-order chi connectivity index (χ0) is 23.6. The van der Waals surface area contributed by atoms with Crippen LogP contribution in [0.15, 0.2) is 41.8 Å². The van der Waals surface area contributed by atoms with Crippen LogP contribution in [-0.4, -0.2) is 55.5 Å². The zero-order valence-corrected chi connectivity index (χ0v) is 19.5. The highest BCUT2D eigenvalue weighted by Crippen LogP contribution is 2.26. The maximum absolute atomic E-state index is 14.8. The van der Waals surface area contributed by atoms with Crippen LogP contribution in [0.1, 0.15) is 53.4 Å². The number of hydrogen-bond donors (Lipinski definition) is 2. The highest BCUT2D eigenvalue weighted by atomic mass is 32.1. The van der Waals surface area contributed by atoms with Gasteiger partial charge in [0.25, 0.3) is 5.91 Å². The SMILES string of the molecule is COCCN(C(=O)CNC(=O)c1cccs1)[C@@H](C(=O)NC1CCCCC1)c1ccccc1F. The molecule has 9 heteroatoms. The largest absolute Gasteiger partial charge is 0.383 e. The van der Waals surface area contributed by atoms with E-state index in [0.717, 1.165) is 32.1 Å². The van der Waals surface area contributed by atoms with Crippen molar-refractivity contribution in [3.05, 3.63) is 58.0 Å². The van der Waals surface area contributed by atoms with Crippen molar-refractivity contribution in [2.45, 2.75) is 44.2 Å². The predicted molar refractivity (Wildman–Crippen MR) is 124 cm³/mol. The Kier molecular flexibility index (Phi) is 9.38. The van der Waals surface area contributed by atoms with E-state index in [0.29, 0.717) is 4.88 Å². The molecule has 0 aliphatic heterocycles. The molecule has 0 bridgehead atoms. The summed E-state index contributed by atoms with van der Waals surface area (Å²) in [6.45, 7) is -0.0876. The Morgan fingerprint density at radius 2 is 1.91 bits per heavy atom. The van der Waals surface area contributed by atoms with E-state index in [9.17, 15) is 18.8 Å². The lowest BCUT2D eigenvalue weighted by molar-refractivity contribution is -0.141. The Bertz CT molecular complexity index is 932. The molecule has 0 saturated heterocycles. The minimum Gasteiger partial charge on any atom is -0.383 e. The van der Waals surface area contributed by atoms with Crippen LogP contribution in [0.5, 0.6) is 0 Å². The molecule has 1 aliphatic rings. The van der Waals surface area contributed by atoms with Crippen molar-refractivity contribution < 1.29 is 23.5 Å². The van der Waals surface area contributed by atoms with Gasteiger partial charge < -0.3 is 20.3 Å². The van der Waals surface area contributed by atoms with Crippen LogP contribution >= 0.6 is 11.3 Å². The Balaban J connectivity index is 1.83. The van der Waals surface area contributed by atoms with Gasteiger partial charge in [0.15, 0.2) is 0 Å². The van der Waals surface area contributed by atoms with Gasteiger partial charge in [0, 0.05) is 25.3 Å². The van der Waals surface area contributed by atoms with E-state index in [1.807, 2.05) is 0 Å². The number of methoxy groups -OCH3 is 1. The number of rotatable bonds is 10. The molecule has 0 radical (unpaired) electrons. The quantitative estimate of drug-likeness (QED) is 0.552. The van der Waals surface area contributed by atoms with Crippen molar-refractivity contribution in [1.29, 1.82) is 0 Å². The zero-order valence-electron chi connectivity index (χ0n) is 18.7. The second kappa shape index (κ2) is 12.5. The second-order valence-corrected chi connectivity index (χ2v) is 8.96. The van der Waals surface area contributed by atoms with Gasteiger partial charge in [0.2, 0.25) is 11.8 Å². The molecule has 0 spiro atoms. The molecule has 7 nitrogen and oxygen atoms in total. The van der Waals surface area contributed by atoms with Gasteiger partial charge >= 0.3 is 0 Å². The smallest absolute Gasteiger partial charge is 0.261 e. The first-order valence-corrected chi connectivity index (χ1v) is 12.0. The number of carbonyl (C=O) groups is 3. The normalized spacial score (nSPS) is 15.0. The van der Waals surface area contributed by atoms with Gasteiger partial charge in [0.1, 0.15) is 11.9 Å². The fourth-order valence-corrected chi connectivity index (χ4v) is 4.65. The highest BCUT2D eigenvalue weighted by Gasteiger charge is 2.34. The fourth-order valence-electron chi connectivity index (χ4n) is 4.01. The van der Waals surface area contributed by atoms with Crippen LogP contribution < -0.4 is 10.6 Å². The molecule has 3 rings (SSSR count). The molecular weight excluding hydrogens is 445 g/mol. The van der Waals surface area contributed by atoms with Gasteiger partial charge in [-0.3, -0.25) is 14.4 Å². The summed E-state index contributed by atoms with van der Waals surface area (Å²) in [6.07, 6.45) is 4.90. The fraction of sp³-hybridized carbons (Fsp3) is 0.458. The molecular formula is C24H30FN3O4S. The Morgan fingerprint density at radius 1 is 1.15 bits per heavy atom. The molecule has 178 valence electrons. The second-order valence-electron chi connectivity index (χ2n) is 8.01. The predicted octanol–water partition coefficient (Wildman–Crippen LogP) is 3.28. The number of nitrogens with zero attached hydrogens (tertiary/aromatic N) is 1. The number of halogens is 1. The van der Waals surface area contributed by atoms with Crippen LogP contribution in [0.25, 0.3) is 0 Å². The van der Waals surface area contributed by atoms with E-state index >= 15 is 0 Å². The van der Waals surface area contributed by atoms with Gasteiger partial charge in [-0.2, -0.15) is 0 Å². The lowest BCUT2D eigenvalue weighted by Gasteiger charge is -2.33. The summed E-state index contributed by atoms with van der Waals surface area (Å²) in [7, 11) is 1.49. The molecule has 3 amide bonds. The van der Waals surface area contributed by atoms with E-state index in [2.05, 4.69) is 10.6 Å². The maximum atomic E-state index is 14.8. The first kappa shape index (κ1) is 24.9. The number of carbonyl (C=O) groups excluding carboxylic acids is 3. The summed E-state index contributed by atoms with van der Waals surface area (Å²) < 4.78 is 20.0. The molecule has 1 heterocycles. The molecule has 1 atom stereocenters. The van der Waals surface area contributed by atoms with Crippen LogP contribution in [-0.2, 0) is 14.3 Å². The lowest BCUT2D eigenvalue weighted by atomic mass is 9.94. The monoisotopic (exact) mass is 475 g/mol. The van der Waals surface area contributed by atoms with Crippen molar-refractivity contribution in [1.82, 2.24) is 15.5 Å². The van der Waals surface area contributed by atoms with Gasteiger partial charge in [-0.15, -0.1) is 11.3 Å². The van der Waals surface area contributed by atoms with Gasteiger partial charge in [-0.1, -0.05) is 43.5 Å². The van der Waals surface area contributed by atoms with Crippen LogP contribution in [0.3, 0.4) is 0 Å².